The number of amides is 1. The third-order valence-corrected chi connectivity index (χ3v) is 4.35. The number of carbonyl (C=O) groups is 1. The molecular weight excluding hydrogens is 254 g/mol. The summed E-state index contributed by atoms with van der Waals surface area (Å²) >= 11 is 0. The average Bonchev–Trinajstić information content (AvgIpc) is 2.38. The summed E-state index contributed by atoms with van der Waals surface area (Å²) in [5.41, 5.74) is -0.840. The van der Waals surface area contributed by atoms with Gasteiger partial charge in [0.1, 0.15) is 5.54 Å². The second kappa shape index (κ2) is 7.05. The van der Waals surface area contributed by atoms with E-state index in [0.717, 1.165) is 25.8 Å². The molecule has 1 rings (SSSR count). The first-order chi connectivity index (χ1) is 9.30. The van der Waals surface area contributed by atoms with Crippen LogP contribution in [-0.2, 0) is 4.79 Å². The van der Waals surface area contributed by atoms with Gasteiger partial charge in [0.15, 0.2) is 0 Å². The van der Waals surface area contributed by atoms with Gasteiger partial charge in [0, 0.05) is 6.04 Å². The van der Waals surface area contributed by atoms with Crippen LogP contribution in [0.3, 0.4) is 0 Å². The second-order valence-electron chi connectivity index (χ2n) is 6.29. The van der Waals surface area contributed by atoms with Gasteiger partial charge in [-0.3, -0.25) is 9.69 Å². The van der Waals surface area contributed by atoms with Crippen molar-refractivity contribution in [3.05, 3.63) is 0 Å². The van der Waals surface area contributed by atoms with Crippen molar-refractivity contribution >= 4 is 5.91 Å². The molecule has 0 spiro atoms. The Morgan fingerprint density at radius 3 is 2.65 bits per heavy atom. The summed E-state index contributed by atoms with van der Waals surface area (Å²) in [6, 6.07) is 2.22. The van der Waals surface area contributed by atoms with Crippen molar-refractivity contribution in [1.29, 1.82) is 5.26 Å². The Bertz CT molecular complexity index is 376. The van der Waals surface area contributed by atoms with Crippen molar-refractivity contribution in [2.75, 3.05) is 13.1 Å². The fourth-order valence-corrected chi connectivity index (χ4v) is 2.57. The van der Waals surface area contributed by atoms with Gasteiger partial charge in [-0.2, -0.15) is 5.26 Å². The van der Waals surface area contributed by atoms with E-state index >= 15 is 0 Å². The van der Waals surface area contributed by atoms with Crippen LogP contribution in [0.5, 0.6) is 0 Å². The zero-order valence-electron chi connectivity index (χ0n) is 13.0. The standard InChI is InChI=1S/C15H27N3O2/c1-11(2)15(4,10-16)17-14(20)9-18-8-6-5-7-13(18)12(3)19/h11-13,19H,5-9H2,1-4H3,(H,17,20)/t12-,13-,15-/m0/s1. The molecule has 0 aromatic heterocycles. The minimum Gasteiger partial charge on any atom is -0.392 e. The fraction of sp³-hybridized carbons (Fsp3) is 0.867. The van der Waals surface area contributed by atoms with Gasteiger partial charge in [0.05, 0.1) is 18.7 Å². The van der Waals surface area contributed by atoms with Crippen LogP contribution in [-0.4, -0.2) is 46.7 Å². The highest BCUT2D eigenvalue weighted by Gasteiger charge is 2.32. The molecule has 1 amide bonds. The van der Waals surface area contributed by atoms with E-state index in [4.69, 9.17) is 0 Å². The van der Waals surface area contributed by atoms with E-state index in [1.807, 2.05) is 18.7 Å². The molecule has 0 aromatic rings. The molecule has 20 heavy (non-hydrogen) atoms. The summed E-state index contributed by atoms with van der Waals surface area (Å²) in [7, 11) is 0. The second-order valence-corrected chi connectivity index (χ2v) is 6.29. The Kier molecular flexibility index (Phi) is 5.97. The zero-order chi connectivity index (χ0) is 15.3. The van der Waals surface area contributed by atoms with E-state index in [1.54, 1.807) is 13.8 Å². The van der Waals surface area contributed by atoms with Crippen LogP contribution in [0.4, 0.5) is 0 Å². The number of aliphatic hydroxyl groups excluding tert-OH is 1. The third-order valence-electron chi connectivity index (χ3n) is 4.35. The van der Waals surface area contributed by atoms with Crippen molar-refractivity contribution in [3.63, 3.8) is 0 Å². The van der Waals surface area contributed by atoms with E-state index in [-0.39, 0.29) is 24.4 Å². The maximum Gasteiger partial charge on any atom is 0.235 e. The molecule has 1 aliphatic rings. The molecule has 5 nitrogen and oxygen atoms in total. The summed E-state index contributed by atoms with van der Waals surface area (Å²) in [5.74, 6) is -0.0966. The lowest BCUT2D eigenvalue weighted by Gasteiger charge is -2.37. The number of nitrogens with one attached hydrogen (secondary N) is 1. The van der Waals surface area contributed by atoms with E-state index in [9.17, 15) is 15.2 Å². The van der Waals surface area contributed by atoms with Crippen LogP contribution in [0.15, 0.2) is 0 Å². The van der Waals surface area contributed by atoms with E-state index in [0.29, 0.717) is 0 Å². The number of piperidine rings is 1. The molecule has 0 aliphatic carbocycles. The molecule has 3 atom stereocenters. The zero-order valence-corrected chi connectivity index (χ0v) is 13.0. The van der Waals surface area contributed by atoms with Crippen molar-refractivity contribution in [3.8, 4) is 6.07 Å². The first kappa shape index (κ1) is 16.9. The lowest BCUT2D eigenvalue weighted by atomic mass is 9.90. The molecule has 1 fully saturated rings. The smallest absolute Gasteiger partial charge is 0.235 e. The molecule has 114 valence electrons. The molecular formula is C15H27N3O2. The predicted molar refractivity (Wildman–Crippen MR) is 77.9 cm³/mol. The van der Waals surface area contributed by atoms with Crippen LogP contribution in [0.25, 0.3) is 0 Å². The third kappa shape index (κ3) is 4.19. The molecule has 0 unspecified atom stereocenters. The molecule has 1 aliphatic heterocycles. The van der Waals surface area contributed by atoms with E-state index in [1.165, 1.54) is 0 Å². The fourth-order valence-electron chi connectivity index (χ4n) is 2.57. The first-order valence-electron chi connectivity index (χ1n) is 7.44. The summed E-state index contributed by atoms with van der Waals surface area (Å²) < 4.78 is 0. The lowest BCUT2D eigenvalue weighted by Crippen LogP contribution is -2.55. The van der Waals surface area contributed by atoms with Crippen molar-refractivity contribution < 1.29 is 9.90 Å². The van der Waals surface area contributed by atoms with Gasteiger partial charge >= 0.3 is 0 Å². The molecule has 0 bridgehead atoms. The van der Waals surface area contributed by atoms with Gasteiger partial charge in [-0.05, 0) is 39.2 Å². The highest BCUT2D eigenvalue weighted by molar-refractivity contribution is 5.79. The number of hydrogen-bond acceptors (Lipinski definition) is 4. The Labute approximate surface area is 122 Å². The average molecular weight is 281 g/mol. The quantitative estimate of drug-likeness (QED) is 0.796. The van der Waals surface area contributed by atoms with E-state index < -0.39 is 11.6 Å². The number of carbonyl (C=O) groups excluding carboxylic acids is 1. The Balaban J connectivity index is 2.63. The Hall–Kier alpha value is -1.12. The summed E-state index contributed by atoms with van der Waals surface area (Å²) in [6.45, 7) is 8.44. The molecule has 0 radical (unpaired) electrons. The van der Waals surface area contributed by atoms with Gasteiger partial charge in [-0.15, -0.1) is 0 Å². The highest BCUT2D eigenvalue weighted by Crippen LogP contribution is 2.20. The normalized spacial score (nSPS) is 24.8. The maximum atomic E-state index is 12.2. The van der Waals surface area contributed by atoms with Crippen LogP contribution >= 0.6 is 0 Å². The van der Waals surface area contributed by atoms with Crippen molar-refractivity contribution in [2.24, 2.45) is 5.92 Å². The van der Waals surface area contributed by atoms with Crippen LogP contribution in [0.1, 0.15) is 47.0 Å². The van der Waals surface area contributed by atoms with E-state index in [2.05, 4.69) is 11.4 Å². The molecule has 0 aromatic carbocycles. The number of nitrogens with zero attached hydrogens (tertiary/aromatic N) is 2. The van der Waals surface area contributed by atoms with Gasteiger partial charge in [0.2, 0.25) is 5.91 Å². The lowest BCUT2D eigenvalue weighted by molar-refractivity contribution is -0.125. The molecule has 2 N–H and O–H groups in total. The number of aliphatic hydroxyl groups is 1. The predicted octanol–water partition coefficient (Wildman–Crippen LogP) is 1.28. The number of hydrogen-bond donors (Lipinski definition) is 2. The van der Waals surface area contributed by atoms with Crippen LogP contribution < -0.4 is 5.32 Å². The van der Waals surface area contributed by atoms with Gasteiger partial charge in [-0.25, -0.2) is 0 Å². The highest BCUT2D eigenvalue weighted by atomic mass is 16.3. The molecule has 1 heterocycles. The largest absolute Gasteiger partial charge is 0.392 e. The van der Waals surface area contributed by atoms with Gasteiger partial charge < -0.3 is 10.4 Å². The Morgan fingerprint density at radius 2 is 2.15 bits per heavy atom. The van der Waals surface area contributed by atoms with Crippen LogP contribution in [0.2, 0.25) is 0 Å². The van der Waals surface area contributed by atoms with Gasteiger partial charge in [-0.1, -0.05) is 20.3 Å². The summed E-state index contributed by atoms with van der Waals surface area (Å²) in [6.07, 6.45) is 2.63. The minimum atomic E-state index is -0.840. The van der Waals surface area contributed by atoms with Crippen molar-refractivity contribution in [2.45, 2.75) is 64.6 Å². The minimum absolute atomic E-state index is 0.0434. The maximum absolute atomic E-state index is 12.2. The molecule has 0 saturated carbocycles. The van der Waals surface area contributed by atoms with Gasteiger partial charge in [0.25, 0.3) is 0 Å². The monoisotopic (exact) mass is 281 g/mol. The topological polar surface area (TPSA) is 76.4 Å². The molecule has 1 saturated heterocycles. The number of rotatable bonds is 5. The molecule has 5 heteroatoms. The number of nitriles is 1. The van der Waals surface area contributed by atoms with Crippen molar-refractivity contribution in [1.82, 2.24) is 10.2 Å². The summed E-state index contributed by atoms with van der Waals surface area (Å²) in [5, 5.41) is 21.9. The van der Waals surface area contributed by atoms with Crippen LogP contribution in [0, 0.1) is 17.2 Å². The number of likely N-dealkylation sites (tertiary alicyclic amines) is 1. The summed E-state index contributed by atoms with van der Waals surface area (Å²) in [4.78, 5) is 14.2. The SMILES string of the molecule is CC(C)[C@](C)(C#N)NC(=O)CN1CCCC[C@H]1[C@H](C)O. The first-order valence-corrected chi connectivity index (χ1v) is 7.44. The Morgan fingerprint density at radius 1 is 1.50 bits per heavy atom.